The molecule has 4 atom stereocenters. The van der Waals surface area contributed by atoms with Gasteiger partial charge in [0.2, 0.25) is 0 Å². The molecule has 3 saturated heterocycles. The van der Waals surface area contributed by atoms with E-state index in [0.717, 1.165) is 44.6 Å². The van der Waals surface area contributed by atoms with Crippen molar-refractivity contribution in [2.75, 3.05) is 37.9 Å². The number of rotatable bonds is 5. The minimum atomic E-state index is 0.0564. The first-order valence-corrected chi connectivity index (χ1v) is 9.51. The largest absolute Gasteiger partial charge is 0.378 e. The van der Waals surface area contributed by atoms with Crippen molar-refractivity contribution in [2.24, 2.45) is 11.8 Å². The van der Waals surface area contributed by atoms with Crippen LogP contribution in [0, 0.1) is 11.8 Å². The van der Waals surface area contributed by atoms with Crippen molar-refractivity contribution < 1.29 is 9.47 Å². The first-order valence-electron chi connectivity index (χ1n) is 8.36. The predicted octanol–water partition coefficient (Wildman–Crippen LogP) is 2.69. The van der Waals surface area contributed by atoms with E-state index in [4.69, 9.17) is 9.47 Å². The fourth-order valence-corrected chi connectivity index (χ4v) is 5.41. The van der Waals surface area contributed by atoms with Crippen molar-refractivity contribution in [3.8, 4) is 0 Å². The molecule has 3 fully saturated rings. The Kier molecular flexibility index (Phi) is 5.29. The molecule has 3 heterocycles. The maximum absolute atomic E-state index is 6.12. The maximum atomic E-state index is 6.12. The molecule has 1 spiro atoms. The van der Waals surface area contributed by atoms with Crippen molar-refractivity contribution in [3.05, 3.63) is 0 Å². The predicted molar refractivity (Wildman–Crippen MR) is 84.4 cm³/mol. The Labute approximate surface area is 127 Å². The number of ether oxygens (including phenoxy) is 2. The molecule has 4 heteroatoms. The Morgan fingerprint density at radius 3 is 2.95 bits per heavy atom. The van der Waals surface area contributed by atoms with Gasteiger partial charge in [-0.25, -0.2) is 0 Å². The average molecular weight is 299 g/mol. The van der Waals surface area contributed by atoms with Gasteiger partial charge < -0.3 is 14.8 Å². The smallest absolute Gasteiger partial charge is 0.0939 e. The standard InChI is InChI=1S/C16H29NO2S/c1-2-6-17-15(14-4-9-20-11-14)13-3-7-19-16(10-13)5-8-18-12-16/h13-15,17H,2-12H2,1H3. The van der Waals surface area contributed by atoms with Gasteiger partial charge in [0.1, 0.15) is 0 Å². The molecule has 0 aromatic heterocycles. The SMILES string of the molecule is CCCNC(C1CCSC1)C1CCOC2(CCOC2)C1. The fourth-order valence-electron chi connectivity index (χ4n) is 4.10. The highest BCUT2D eigenvalue weighted by Gasteiger charge is 2.44. The topological polar surface area (TPSA) is 30.5 Å². The first-order chi connectivity index (χ1) is 9.83. The molecule has 3 rings (SSSR count). The molecular formula is C16H29NO2S. The van der Waals surface area contributed by atoms with Crippen LogP contribution in [0.25, 0.3) is 0 Å². The third kappa shape index (κ3) is 3.34. The highest BCUT2D eigenvalue weighted by molar-refractivity contribution is 7.99. The van der Waals surface area contributed by atoms with Crippen LogP contribution < -0.4 is 5.32 Å². The van der Waals surface area contributed by atoms with Gasteiger partial charge in [0.25, 0.3) is 0 Å². The minimum Gasteiger partial charge on any atom is -0.378 e. The van der Waals surface area contributed by atoms with Crippen LogP contribution in [0.2, 0.25) is 0 Å². The van der Waals surface area contributed by atoms with Crippen LogP contribution in [0.1, 0.15) is 39.0 Å². The van der Waals surface area contributed by atoms with E-state index in [2.05, 4.69) is 24.0 Å². The summed E-state index contributed by atoms with van der Waals surface area (Å²) in [5, 5.41) is 3.88. The molecule has 20 heavy (non-hydrogen) atoms. The molecule has 3 aliphatic heterocycles. The third-order valence-electron chi connectivity index (χ3n) is 5.21. The van der Waals surface area contributed by atoms with E-state index >= 15 is 0 Å². The molecule has 116 valence electrons. The average Bonchev–Trinajstić information content (AvgIpc) is 3.12. The monoisotopic (exact) mass is 299 g/mol. The van der Waals surface area contributed by atoms with Crippen molar-refractivity contribution in [1.29, 1.82) is 0 Å². The molecule has 0 aromatic carbocycles. The second-order valence-electron chi connectivity index (χ2n) is 6.69. The van der Waals surface area contributed by atoms with Gasteiger partial charge in [0, 0.05) is 25.7 Å². The van der Waals surface area contributed by atoms with Crippen molar-refractivity contribution in [1.82, 2.24) is 5.32 Å². The molecule has 0 aliphatic carbocycles. The Morgan fingerprint density at radius 1 is 1.30 bits per heavy atom. The Hall–Kier alpha value is 0.230. The lowest BCUT2D eigenvalue weighted by Gasteiger charge is -2.42. The lowest BCUT2D eigenvalue weighted by Crippen LogP contribution is -2.50. The zero-order valence-electron chi connectivity index (χ0n) is 12.7. The molecule has 0 radical (unpaired) electrons. The number of thioether (sulfide) groups is 1. The zero-order valence-corrected chi connectivity index (χ0v) is 13.6. The molecule has 0 amide bonds. The molecule has 4 unspecified atom stereocenters. The molecule has 3 nitrogen and oxygen atoms in total. The summed E-state index contributed by atoms with van der Waals surface area (Å²) in [4.78, 5) is 0. The minimum absolute atomic E-state index is 0.0564. The van der Waals surface area contributed by atoms with E-state index in [9.17, 15) is 0 Å². The van der Waals surface area contributed by atoms with Crippen molar-refractivity contribution in [2.45, 2.75) is 50.7 Å². The summed E-state index contributed by atoms with van der Waals surface area (Å²) < 4.78 is 11.7. The Balaban J connectivity index is 1.65. The van der Waals surface area contributed by atoms with Crippen LogP contribution in [-0.4, -0.2) is 49.5 Å². The summed E-state index contributed by atoms with van der Waals surface area (Å²) in [6.45, 7) is 6.07. The quantitative estimate of drug-likeness (QED) is 0.845. The van der Waals surface area contributed by atoms with Gasteiger partial charge in [-0.3, -0.25) is 0 Å². The van der Waals surface area contributed by atoms with Crippen LogP contribution in [-0.2, 0) is 9.47 Å². The highest BCUT2D eigenvalue weighted by Crippen LogP contribution is 2.40. The van der Waals surface area contributed by atoms with Crippen molar-refractivity contribution in [3.63, 3.8) is 0 Å². The molecular weight excluding hydrogens is 270 g/mol. The van der Waals surface area contributed by atoms with Crippen molar-refractivity contribution >= 4 is 11.8 Å². The van der Waals surface area contributed by atoms with Gasteiger partial charge in [0.05, 0.1) is 12.2 Å². The van der Waals surface area contributed by atoms with E-state index < -0.39 is 0 Å². The van der Waals surface area contributed by atoms with Gasteiger partial charge in [0.15, 0.2) is 0 Å². The summed E-state index contributed by atoms with van der Waals surface area (Å²) in [5.74, 6) is 4.35. The van der Waals surface area contributed by atoms with Gasteiger partial charge in [-0.2, -0.15) is 11.8 Å². The van der Waals surface area contributed by atoms with Crippen LogP contribution in [0.3, 0.4) is 0 Å². The van der Waals surface area contributed by atoms with E-state index in [0.29, 0.717) is 6.04 Å². The molecule has 1 N–H and O–H groups in total. The van der Waals surface area contributed by atoms with Gasteiger partial charge in [-0.05, 0) is 55.6 Å². The summed E-state index contributed by atoms with van der Waals surface area (Å²) in [6, 6.07) is 0.700. The molecule has 0 aromatic rings. The van der Waals surface area contributed by atoms with E-state index in [-0.39, 0.29) is 5.60 Å². The fraction of sp³-hybridized carbons (Fsp3) is 1.00. The van der Waals surface area contributed by atoms with Gasteiger partial charge in [-0.15, -0.1) is 0 Å². The summed E-state index contributed by atoms with van der Waals surface area (Å²) in [5.41, 5.74) is 0.0564. The molecule has 0 saturated carbocycles. The molecule has 0 bridgehead atoms. The van der Waals surface area contributed by atoms with E-state index in [1.165, 1.54) is 37.2 Å². The highest BCUT2D eigenvalue weighted by atomic mass is 32.2. The van der Waals surface area contributed by atoms with Gasteiger partial charge >= 0.3 is 0 Å². The second-order valence-corrected chi connectivity index (χ2v) is 7.84. The lowest BCUT2D eigenvalue weighted by atomic mass is 9.76. The number of hydrogen-bond acceptors (Lipinski definition) is 4. The van der Waals surface area contributed by atoms with Crippen LogP contribution in [0.15, 0.2) is 0 Å². The van der Waals surface area contributed by atoms with Gasteiger partial charge in [-0.1, -0.05) is 6.92 Å². The summed E-state index contributed by atoms with van der Waals surface area (Å²) >= 11 is 2.14. The third-order valence-corrected chi connectivity index (χ3v) is 6.40. The second kappa shape index (κ2) is 6.99. The number of nitrogens with one attached hydrogen (secondary N) is 1. The zero-order chi connectivity index (χ0) is 13.8. The van der Waals surface area contributed by atoms with E-state index in [1.54, 1.807) is 0 Å². The van der Waals surface area contributed by atoms with E-state index in [1.807, 2.05) is 0 Å². The molecule has 3 aliphatic rings. The van der Waals surface area contributed by atoms with Crippen LogP contribution >= 0.6 is 11.8 Å². The van der Waals surface area contributed by atoms with Crippen LogP contribution in [0.4, 0.5) is 0 Å². The number of hydrogen-bond donors (Lipinski definition) is 1. The lowest BCUT2D eigenvalue weighted by molar-refractivity contribution is -0.105. The maximum Gasteiger partial charge on any atom is 0.0939 e. The Morgan fingerprint density at radius 2 is 2.25 bits per heavy atom. The Bertz CT molecular complexity index is 301. The van der Waals surface area contributed by atoms with Crippen LogP contribution in [0.5, 0.6) is 0 Å². The first kappa shape index (κ1) is 15.1. The normalized spacial score (nSPS) is 39.5. The summed E-state index contributed by atoms with van der Waals surface area (Å²) in [7, 11) is 0. The summed E-state index contributed by atoms with van der Waals surface area (Å²) in [6.07, 6.45) is 6.16.